The zero-order valence-corrected chi connectivity index (χ0v) is 15.8. The molecule has 8 nitrogen and oxygen atoms in total. The van der Waals surface area contributed by atoms with Gasteiger partial charge in [-0.05, 0) is 38.2 Å². The zero-order chi connectivity index (χ0) is 19.6. The van der Waals surface area contributed by atoms with E-state index in [0.29, 0.717) is 24.5 Å². The predicted octanol–water partition coefficient (Wildman–Crippen LogP) is 3.71. The van der Waals surface area contributed by atoms with Crippen LogP contribution in [0.4, 0.5) is 11.4 Å². The molecule has 27 heavy (non-hydrogen) atoms. The number of hydrogen-bond acceptors (Lipinski definition) is 6. The molecule has 0 bridgehead atoms. The fourth-order valence-corrected chi connectivity index (χ4v) is 2.37. The molecular formula is C18H20N4O4S. The molecule has 0 saturated heterocycles. The highest BCUT2D eigenvalue weighted by Crippen LogP contribution is 2.34. The highest BCUT2D eigenvalue weighted by Gasteiger charge is 2.19. The molecule has 0 amide bonds. The molecule has 142 valence electrons. The van der Waals surface area contributed by atoms with E-state index in [1.807, 2.05) is 37.3 Å². The van der Waals surface area contributed by atoms with Gasteiger partial charge in [0.15, 0.2) is 5.11 Å². The van der Waals surface area contributed by atoms with Crippen molar-refractivity contribution >= 4 is 34.9 Å². The van der Waals surface area contributed by atoms with Gasteiger partial charge in [-0.3, -0.25) is 15.5 Å². The van der Waals surface area contributed by atoms with Crippen LogP contribution in [0.3, 0.4) is 0 Å². The molecule has 0 heterocycles. The Bertz CT molecular complexity index is 828. The third-order valence-corrected chi connectivity index (χ3v) is 3.48. The van der Waals surface area contributed by atoms with E-state index in [4.69, 9.17) is 21.7 Å². The number of nitro groups is 1. The first-order valence-corrected chi connectivity index (χ1v) is 8.69. The van der Waals surface area contributed by atoms with Crippen molar-refractivity contribution in [3.63, 3.8) is 0 Å². The second-order valence-electron chi connectivity index (χ2n) is 5.17. The summed E-state index contributed by atoms with van der Waals surface area (Å²) in [4.78, 5) is 10.8. The van der Waals surface area contributed by atoms with Crippen LogP contribution in [0, 0.1) is 10.1 Å². The first-order valence-electron chi connectivity index (χ1n) is 8.28. The smallest absolute Gasteiger partial charge is 0.311 e. The molecule has 0 aliphatic rings. The van der Waals surface area contributed by atoms with E-state index in [1.165, 1.54) is 18.3 Å². The van der Waals surface area contributed by atoms with Gasteiger partial charge in [-0.1, -0.05) is 18.2 Å². The van der Waals surface area contributed by atoms with Gasteiger partial charge in [0.2, 0.25) is 5.75 Å². The standard InChI is InChI=1S/C18H20N4O4S/c1-3-25-16-11-17(26-4-2)15(22(23)24)10-13(16)12-19-21-18(27)20-14-8-6-5-7-9-14/h5-12H,3-4H2,1-2H3,(H2,20,21,27)/b19-12+. The highest BCUT2D eigenvalue weighted by molar-refractivity contribution is 7.80. The molecule has 0 aliphatic heterocycles. The fraction of sp³-hybridized carbons (Fsp3) is 0.222. The molecule has 0 aromatic heterocycles. The number of ether oxygens (including phenoxy) is 2. The van der Waals surface area contributed by atoms with E-state index in [1.54, 1.807) is 6.92 Å². The average Bonchev–Trinajstić information content (AvgIpc) is 2.64. The highest BCUT2D eigenvalue weighted by atomic mass is 32.1. The Morgan fingerprint density at radius 2 is 1.85 bits per heavy atom. The van der Waals surface area contributed by atoms with Gasteiger partial charge in [0, 0.05) is 23.4 Å². The Morgan fingerprint density at radius 3 is 2.48 bits per heavy atom. The fourth-order valence-electron chi connectivity index (χ4n) is 2.20. The summed E-state index contributed by atoms with van der Waals surface area (Å²) < 4.78 is 10.9. The number of hydrazone groups is 1. The summed E-state index contributed by atoms with van der Waals surface area (Å²) in [5.41, 5.74) is 3.76. The second-order valence-corrected chi connectivity index (χ2v) is 5.58. The Hall–Kier alpha value is -3.20. The van der Waals surface area contributed by atoms with Crippen LogP contribution < -0.4 is 20.2 Å². The number of nitrogens with zero attached hydrogens (tertiary/aromatic N) is 2. The SMILES string of the molecule is CCOc1cc(OCC)c([N+](=O)[O-])cc1/C=N/NC(=S)Nc1ccccc1. The van der Waals surface area contributed by atoms with Crippen LogP contribution in [0.25, 0.3) is 0 Å². The summed E-state index contributed by atoms with van der Waals surface area (Å²) in [7, 11) is 0. The molecule has 2 aromatic rings. The van der Waals surface area contributed by atoms with E-state index < -0.39 is 4.92 Å². The van der Waals surface area contributed by atoms with Gasteiger partial charge in [0.1, 0.15) is 5.75 Å². The lowest BCUT2D eigenvalue weighted by molar-refractivity contribution is -0.385. The van der Waals surface area contributed by atoms with E-state index in [9.17, 15) is 10.1 Å². The summed E-state index contributed by atoms with van der Waals surface area (Å²) in [6.07, 6.45) is 1.41. The number of nitro benzene ring substituents is 1. The van der Waals surface area contributed by atoms with Crippen molar-refractivity contribution in [1.29, 1.82) is 0 Å². The second kappa shape index (κ2) is 10.1. The Labute approximate surface area is 162 Å². The van der Waals surface area contributed by atoms with Crippen LogP contribution in [0.15, 0.2) is 47.6 Å². The van der Waals surface area contributed by atoms with Crippen LogP contribution in [0.2, 0.25) is 0 Å². The molecule has 0 unspecified atom stereocenters. The molecule has 0 atom stereocenters. The number of benzene rings is 2. The molecule has 0 spiro atoms. The first-order chi connectivity index (χ1) is 13.0. The first kappa shape index (κ1) is 20.1. The van der Waals surface area contributed by atoms with Crippen molar-refractivity contribution in [2.45, 2.75) is 13.8 Å². The number of hydrogen-bond donors (Lipinski definition) is 2. The van der Waals surface area contributed by atoms with Crippen LogP contribution in [-0.2, 0) is 0 Å². The van der Waals surface area contributed by atoms with Crippen molar-refractivity contribution in [1.82, 2.24) is 5.43 Å². The molecule has 2 N–H and O–H groups in total. The maximum absolute atomic E-state index is 11.3. The minimum absolute atomic E-state index is 0.150. The topological polar surface area (TPSA) is 98.0 Å². The summed E-state index contributed by atoms with van der Waals surface area (Å²) >= 11 is 5.16. The van der Waals surface area contributed by atoms with Crippen molar-refractivity contribution in [3.8, 4) is 11.5 Å². The van der Waals surface area contributed by atoms with Crippen LogP contribution in [-0.4, -0.2) is 29.5 Å². The number of thiocarbonyl (C=S) groups is 1. The molecule has 2 rings (SSSR count). The van der Waals surface area contributed by atoms with Gasteiger partial charge in [0.25, 0.3) is 0 Å². The molecule has 9 heteroatoms. The Morgan fingerprint density at radius 1 is 1.19 bits per heavy atom. The van der Waals surface area contributed by atoms with E-state index in [2.05, 4.69) is 15.8 Å². The monoisotopic (exact) mass is 388 g/mol. The predicted molar refractivity (Wildman–Crippen MR) is 109 cm³/mol. The normalized spacial score (nSPS) is 10.4. The van der Waals surface area contributed by atoms with Gasteiger partial charge in [-0.15, -0.1) is 0 Å². The van der Waals surface area contributed by atoms with Crippen molar-refractivity contribution in [2.24, 2.45) is 5.10 Å². The number of para-hydroxylation sites is 1. The van der Waals surface area contributed by atoms with Crippen molar-refractivity contribution < 1.29 is 14.4 Å². The summed E-state index contributed by atoms with van der Waals surface area (Å²) in [5.74, 6) is 0.580. The zero-order valence-electron chi connectivity index (χ0n) is 15.0. The third kappa shape index (κ3) is 5.93. The molecule has 2 aromatic carbocycles. The lowest BCUT2D eigenvalue weighted by atomic mass is 10.1. The molecule has 0 radical (unpaired) electrons. The van der Waals surface area contributed by atoms with Gasteiger partial charge in [0.05, 0.1) is 24.4 Å². The van der Waals surface area contributed by atoms with Crippen molar-refractivity contribution in [3.05, 3.63) is 58.1 Å². The van der Waals surface area contributed by atoms with Crippen LogP contribution in [0.1, 0.15) is 19.4 Å². The summed E-state index contributed by atoms with van der Waals surface area (Å²) in [6.45, 7) is 4.27. The summed E-state index contributed by atoms with van der Waals surface area (Å²) in [6, 6.07) is 12.2. The minimum Gasteiger partial charge on any atom is -0.493 e. The Balaban J connectivity index is 2.17. The van der Waals surface area contributed by atoms with E-state index in [0.717, 1.165) is 5.69 Å². The quantitative estimate of drug-likeness (QED) is 0.308. The Kier molecular flexibility index (Phi) is 7.50. The molecular weight excluding hydrogens is 368 g/mol. The lowest BCUT2D eigenvalue weighted by Crippen LogP contribution is -2.23. The van der Waals surface area contributed by atoms with E-state index >= 15 is 0 Å². The maximum atomic E-state index is 11.3. The largest absolute Gasteiger partial charge is 0.493 e. The van der Waals surface area contributed by atoms with Crippen LogP contribution in [0.5, 0.6) is 11.5 Å². The lowest BCUT2D eigenvalue weighted by Gasteiger charge is -2.11. The molecule has 0 fully saturated rings. The van der Waals surface area contributed by atoms with E-state index in [-0.39, 0.29) is 16.5 Å². The number of nitrogens with one attached hydrogen (secondary N) is 2. The number of anilines is 1. The molecule has 0 saturated carbocycles. The van der Waals surface area contributed by atoms with Crippen molar-refractivity contribution in [2.75, 3.05) is 18.5 Å². The van der Waals surface area contributed by atoms with Gasteiger partial charge in [-0.25, -0.2) is 0 Å². The van der Waals surface area contributed by atoms with Gasteiger partial charge >= 0.3 is 5.69 Å². The maximum Gasteiger partial charge on any atom is 0.311 e. The van der Waals surface area contributed by atoms with Crippen LogP contribution >= 0.6 is 12.2 Å². The van der Waals surface area contributed by atoms with Gasteiger partial charge < -0.3 is 14.8 Å². The molecule has 0 aliphatic carbocycles. The average molecular weight is 388 g/mol. The minimum atomic E-state index is -0.507. The summed E-state index contributed by atoms with van der Waals surface area (Å²) in [5, 5.41) is 18.6. The van der Waals surface area contributed by atoms with Gasteiger partial charge in [-0.2, -0.15) is 5.10 Å². The number of rotatable bonds is 8. The third-order valence-electron chi connectivity index (χ3n) is 3.29.